The number of nitrogens with one attached hydrogen (secondary N) is 1. The Morgan fingerprint density at radius 2 is 1.71 bits per heavy atom. The molecule has 24 heavy (non-hydrogen) atoms. The standard InChI is InChI=1S/C19H24ClNO2S/c1-3-4-5-6-8-16-11-13-17(14-12-16)24(22,23)21-19-10-7-9-18(20)15(19)2/h7,9-14,21H,3-6,8H2,1-2H3. The van der Waals surface area contributed by atoms with Crippen molar-refractivity contribution < 1.29 is 8.42 Å². The van der Waals surface area contributed by atoms with Crippen LogP contribution in [0.5, 0.6) is 0 Å². The normalized spacial score (nSPS) is 11.5. The lowest BCUT2D eigenvalue weighted by Crippen LogP contribution is -2.13. The number of hydrogen-bond donors (Lipinski definition) is 1. The Morgan fingerprint density at radius 3 is 2.38 bits per heavy atom. The molecule has 0 aromatic heterocycles. The summed E-state index contributed by atoms with van der Waals surface area (Å²) in [5.74, 6) is 0. The van der Waals surface area contributed by atoms with Gasteiger partial charge >= 0.3 is 0 Å². The summed E-state index contributed by atoms with van der Waals surface area (Å²) in [4.78, 5) is 0.263. The predicted molar refractivity (Wildman–Crippen MR) is 101 cm³/mol. The molecule has 0 spiro atoms. The van der Waals surface area contributed by atoms with Crippen molar-refractivity contribution in [2.24, 2.45) is 0 Å². The zero-order valence-electron chi connectivity index (χ0n) is 14.2. The van der Waals surface area contributed by atoms with Crippen molar-refractivity contribution in [3.05, 3.63) is 58.6 Å². The second-order valence-corrected chi connectivity index (χ2v) is 8.06. The maximum absolute atomic E-state index is 12.5. The van der Waals surface area contributed by atoms with Crippen molar-refractivity contribution in [1.29, 1.82) is 0 Å². The summed E-state index contributed by atoms with van der Waals surface area (Å²) in [5, 5.41) is 0.539. The molecule has 0 atom stereocenters. The first-order chi connectivity index (χ1) is 11.4. The van der Waals surface area contributed by atoms with Crippen molar-refractivity contribution in [2.45, 2.75) is 50.8 Å². The average molecular weight is 366 g/mol. The van der Waals surface area contributed by atoms with Crippen molar-refractivity contribution >= 4 is 27.3 Å². The maximum Gasteiger partial charge on any atom is 0.261 e. The molecule has 1 N–H and O–H groups in total. The summed E-state index contributed by atoms with van der Waals surface area (Å²) in [6, 6.07) is 12.3. The van der Waals surface area contributed by atoms with E-state index in [2.05, 4.69) is 11.6 Å². The molecule has 0 unspecified atom stereocenters. The topological polar surface area (TPSA) is 46.2 Å². The van der Waals surface area contributed by atoms with Gasteiger partial charge in [-0.1, -0.05) is 56.0 Å². The highest BCUT2D eigenvalue weighted by molar-refractivity contribution is 7.92. The minimum absolute atomic E-state index is 0.263. The molecule has 2 aromatic rings. The van der Waals surface area contributed by atoms with E-state index in [1.807, 2.05) is 12.1 Å². The molecule has 0 fully saturated rings. The second-order valence-electron chi connectivity index (χ2n) is 5.97. The molecule has 0 heterocycles. The molecule has 0 amide bonds. The highest BCUT2D eigenvalue weighted by atomic mass is 35.5. The number of anilines is 1. The van der Waals surface area contributed by atoms with Gasteiger partial charge in [-0.15, -0.1) is 0 Å². The first-order valence-corrected chi connectivity index (χ1v) is 10.2. The van der Waals surface area contributed by atoms with Gasteiger partial charge in [0.15, 0.2) is 0 Å². The van der Waals surface area contributed by atoms with E-state index in [-0.39, 0.29) is 4.90 Å². The molecule has 0 radical (unpaired) electrons. The smallest absolute Gasteiger partial charge is 0.261 e. The van der Waals surface area contributed by atoms with Gasteiger partial charge in [0.1, 0.15) is 0 Å². The molecule has 2 aromatic carbocycles. The van der Waals surface area contributed by atoms with Crippen molar-refractivity contribution in [2.75, 3.05) is 4.72 Å². The van der Waals surface area contributed by atoms with Crippen LogP contribution in [0.4, 0.5) is 5.69 Å². The van der Waals surface area contributed by atoms with Crippen LogP contribution in [0.1, 0.15) is 43.7 Å². The predicted octanol–water partition coefficient (Wildman–Crippen LogP) is 5.57. The van der Waals surface area contributed by atoms with Gasteiger partial charge < -0.3 is 0 Å². The fourth-order valence-electron chi connectivity index (χ4n) is 2.51. The van der Waals surface area contributed by atoms with Crippen LogP contribution in [0.15, 0.2) is 47.4 Å². The van der Waals surface area contributed by atoms with Gasteiger partial charge in [-0.05, 0) is 55.2 Å². The van der Waals surface area contributed by atoms with Gasteiger partial charge in [-0.25, -0.2) is 8.42 Å². The number of aryl methyl sites for hydroxylation is 1. The second kappa shape index (κ2) is 8.54. The van der Waals surface area contributed by atoms with Gasteiger partial charge in [0.2, 0.25) is 0 Å². The van der Waals surface area contributed by atoms with E-state index in [0.717, 1.165) is 18.4 Å². The van der Waals surface area contributed by atoms with Gasteiger partial charge in [0.25, 0.3) is 10.0 Å². The van der Waals surface area contributed by atoms with Crippen LogP contribution >= 0.6 is 11.6 Å². The van der Waals surface area contributed by atoms with Crippen LogP contribution < -0.4 is 4.72 Å². The van der Waals surface area contributed by atoms with Crippen molar-refractivity contribution in [3.8, 4) is 0 Å². The maximum atomic E-state index is 12.5. The fourth-order valence-corrected chi connectivity index (χ4v) is 3.81. The van der Waals surface area contributed by atoms with Crippen LogP contribution in [0.2, 0.25) is 5.02 Å². The number of rotatable bonds is 8. The summed E-state index contributed by atoms with van der Waals surface area (Å²) in [5.41, 5.74) is 2.39. The minimum atomic E-state index is -3.61. The monoisotopic (exact) mass is 365 g/mol. The molecular formula is C19H24ClNO2S. The van der Waals surface area contributed by atoms with Crippen LogP contribution in [0, 0.1) is 6.92 Å². The minimum Gasteiger partial charge on any atom is -0.279 e. The van der Waals surface area contributed by atoms with E-state index >= 15 is 0 Å². The number of unbranched alkanes of at least 4 members (excludes halogenated alkanes) is 3. The SMILES string of the molecule is CCCCCCc1ccc(S(=O)(=O)Nc2cccc(Cl)c2C)cc1. The molecule has 0 saturated carbocycles. The lowest BCUT2D eigenvalue weighted by atomic mass is 10.1. The highest BCUT2D eigenvalue weighted by Crippen LogP contribution is 2.25. The van der Waals surface area contributed by atoms with Gasteiger partial charge in [0.05, 0.1) is 10.6 Å². The van der Waals surface area contributed by atoms with Gasteiger partial charge in [-0.2, -0.15) is 0 Å². The fraction of sp³-hybridized carbons (Fsp3) is 0.368. The summed E-state index contributed by atoms with van der Waals surface area (Å²) in [6.07, 6.45) is 5.80. The molecule has 0 aliphatic carbocycles. The molecule has 3 nitrogen and oxygen atoms in total. The Balaban J connectivity index is 2.08. The summed E-state index contributed by atoms with van der Waals surface area (Å²) >= 11 is 6.05. The number of sulfonamides is 1. The molecule has 130 valence electrons. The van der Waals surface area contributed by atoms with Gasteiger partial charge in [-0.3, -0.25) is 4.72 Å². The molecule has 0 aliphatic heterocycles. The van der Waals surface area contributed by atoms with E-state index in [4.69, 9.17) is 11.6 Å². The lowest BCUT2D eigenvalue weighted by Gasteiger charge is -2.12. The molecule has 0 bridgehead atoms. The first-order valence-electron chi connectivity index (χ1n) is 8.31. The van der Waals surface area contributed by atoms with Crippen LogP contribution in [0.25, 0.3) is 0 Å². The van der Waals surface area contributed by atoms with Crippen molar-refractivity contribution in [1.82, 2.24) is 0 Å². The van der Waals surface area contributed by atoms with E-state index in [1.165, 1.54) is 24.8 Å². The summed E-state index contributed by atoms with van der Waals surface area (Å²) in [7, 11) is -3.61. The van der Waals surface area contributed by atoms with E-state index in [9.17, 15) is 8.42 Å². The number of halogens is 1. The highest BCUT2D eigenvalue weighted by Gasteiger charge is 2.15. The molecule has 0 aliphatic rings. The van der Waals surface area contributed by atoms with E-state index in [0.29, 0.717) is 10.7 Å². The zero-order chi connectivity index (χ0) is 17.6. The quantitative estimate of drug-likeness (QED) is 0.621. The Kier molecular flexibility index (Phi) is 6.69. The summed E-state index contributed by atoms with van der Waals surface area (Å²) in [6.45, 7) is 3.98. The third-order valence-corrected chi connectivity index (χ3v) is 5.86. The van der Waals surface area contributed by atoms with Gasteiger partial charge in [0, 0.05) is 5.02 Å². The molecule has 0 saturated heterocycles. The Labute approximate surface area is 150 Å². The number of benzene rings is 2. The van der Waals surface area contributed by atoms with Crippen molar-refractivity contribution in [3.63, 3.8) is 0 Å². The van der Waals surface area contributed by atoms with Crippen LogP contribution in [0.3, 0.4) is 0 Å². The molecule has 2 rings (SSSR count). The molecule has 5 heteroatoms. The Bertz CT molecular complexity index is 770. The first kappa shape index (κ1) is 18.8. The third-order valence-electron chi connectivity index (χ3n) is 4.06. The van der Waals surface area contributed by atoms with Crippen LogP contribution in [-0.2, 0) is 16.4 Å². The molecular weight excluding hydrogens is 342 g/mol. The lowest BCUT2D eigenvalue weighted by molar-refractivity contribution is 0.601. The summed E-state index contributed by atoms with van der Waals surface area (Å²) < 4.78 is 27.7. The zero-order valence-corrected chi connectivity index (χ0v) is 15.8. The van der Waals surface area contributed by atoms with E-state index < -0.39 is 10.0 Å². The van der Waals surface area contributed by atoms with Crippen LogP contribution in [-0.4, -0.2) is 8.42 Å². The number of hydrogen-bond acceptors (Lipinski definition) is 2. The third kappa shape index (κ3) is 4.99. The Hall–Kier alpha value is -1.52. The average Bonchev–Trinajstić information content (AvgIpc) is 2.56. The Morgan fingerprint density at radius 1 is 1.00 bits per heavy atom. The van der Waals surface area contributed by atoms with E-state index in [1.54, 1.807) is 37.3 Å². The largest absolute Gasteiger partial charge is 0.279 e.